The Morgan fingerprint density at radius 3 is 2.77 bits per heavy atom. The first kappa shape index (κ1) is 12.1. The standard InChI is InChI=1S/C9H17NO3/c1-7(9(12)13-3)5-4-6-10-8(2)11/h5,8,10-11H,4,6H2,1-3H3. The molecule has 4 heteroatoms. The monoisotopic (exact) mass is 187 g/mol. The summed E-state index contributed by atoms with van der Waals surface area (Å²) in [6, 6.07) is 0. The lowest BCUT2D eigenvalue weighted by atomic mass is 10.2. The smallest absolute Gasteiger partial charge is 0.333 e. The molecule has 0 aliphatic rings. The summed E-state index contributed by atoms with van der Waals surface area (Å²) in [6.07, 6.45) is 1.97. The Bertz CT molecular complexity index is 187. The number of hydrogen-bond acceptors (Lipinski definition) is 4. The summed E-state index contributed by atoms with van der Waals surface area (Å²) in [4.78, 5) is 10.9. The van der Waals surface area contributed by atoms with Gasteiger partial charge in [0.15, 0.2) is 0 Å². The Morgan fingerprint density at radius 1 is 1.69 bits per heavy atom. The van der Waals surface area contributed by atoms with E-state index in [4.69, 9.17) is 5.11 Å². The van der Waals surface area contributed by atoms with E-state index in [1.807, 2.05) is 0 Å². The van der Waals surface area contributed by atoms with Gasteiger partial charge in [-0.25, -0.2) is 4.79 Å². The Morgan fingerprint density at radius 2 is 2.31 bits per heavy atom. The summed E-state index contributed by atoms with van der Waals surface area (Å²) in [7, 11) is 1.35. The van der Waals surface area contributed by atoms with Gasteiger partial charge in [0.1, 0.15) is 6.23 Å². The van der Waals surface area contributed by atoms with Crippen LogP contribution in [0.5, 0.6) is 0 Å². The molecule has 0 aromatic heterocycles. The number of aliphatic hydroxyl groups is 1. The predicted octanol–water partition coefficient (Wildman–Crippen LogP) is 0.424. The van der Waals surface area contributed by atoms with Gasteiger partial charge in [0.2, 0.25) is 0 Å². The highest BCUT2D eigenvalue weighted by Gasteiger charge is 2.01. The van der Waals surface area contributed by atoms with Crippen LogP contribution in [0.2, 0.25) is 0 Å². The normalized spacial score (nSPS) is 14.0. The van der Waals surface area contributed by atoms with Crippen LogP contribution in [-0.4, -0.2) is 31.0 Å². The van der Waals surface area contributed by atoms with Gasteiger partial charge in [0.25, 0.3) is 0 Å². The van der Waals surface area contributed by atoms with Crippen molar-refractivity contribution in [2.45, 2.75) is 26.5 Å². The topological polar surface area (TPSA) is 58.6 Å². The van der Waals surface area contributed by atoms with E-state index in [0.29, 0.717) is 18.5 Å². The number of carbonyl (C=O) groups excluding carboxylic acids is 1. The lowest BCUT2D eigenvalue weighted by Gasteiger charge is -2.04. The molecule has 4 nitrogen and oxygen atoms in total. The van der Waals surface area contributed by atoms with Crippen molar-refractivity contribution in [3.63, 3.8) is 0 Å². The third kappa shape index (κ3) is 6.31. The zero-order chi connectivity index (χ0) is 10.3. The highest BCUT2D eigenvalue weighted by atomic mass is 16.5. The molecule has 0 aliphatic heterocycles. The summed E-state index contributed by atoms with van der Waals surface area (Å²) in [5.74, 6) is -0.308. The lowest BCUT2D eigenvalue weighted by molar-refractivity contribution is -0.136. The number of hydrogen-bond donors (Lipinski definition) is 2. The SMILES string of the molecule is COC(=O)C(C)=CCCNC(C)O. The van der Waals surface area contributed by atoms with Gasteiger partial charge in [0, 0.05) is 12.1 Å². The average molecular weight is 187 g/mol. The van der Waals surface area contributed by atoms with Crippen LogP contribution in [0, 0.1) is 0 Å². The molecule has 76 valence electrons. The Balaban J connectivity index is 3.65. The van der Waals surface area contributed by atoms with Crippen LogP contribution >= 0.6 is 0 Å². The molecule has 0 bridgehead atoms. The quantitative estimate of drug-likeness (QED) is 0.283. The van der Waals surface area contributed by atoms with Crippen LogP contribution in [-0.2, 0) is 9.53 Å². The molecule has 0 saturated heterocycles. The molecule has 0 aliphatic carbocycles. The molecule has 0 spiro atoms. The molecular weight excluding hydrogens is 170 g/mol. The number of esters is 1. The fourth-order valence-corrected chi connectivity index (χ4v) is 0.825. The second kappa shape index (κ2) is 6.62. The Labute approximate surface area is 78.6 Å². The fourth-order valence-electron chi connectivity index (χ4n) is 0.825. The maximum Gasteiger partial charge on any atom is 0.333 e. The van der Waals surface area contributed by atoms with E-state index in [1.54, 1.807) is 19.9 Å². The number of ether oxygens (including phenoxy) is 1. The number of aliphatic hydroxyl groups excluding tert-OH is 1. The molecule has 0 radical (unpaired) electrons. The van der Waals surface area contributed by atoms with Crippen molar-refractivity contribution in [1.82, 2.24) is 5.32 Å². The summed E-state index contributed by atoms with van der Waals surface area (Å²) >= 11 is 0. The van der Waals surface area contributed by atoms with E-state index in [-0.39, 0.29) is 5.97 Å². The van der Waals surface area contributed by atoms with Crippen molar-refractivity contribution in [2.75, 3.05) is 13.7 Å². The van der Waals surface area contributed by atoms with Crippen molar-refractivity contribution in [1.29, 1.82) is 0 Å². The maximum absolute atomic E-state index is 10.9. The van der Waals surface area contributed by atoms with Gasteiger partial charge in [-0.05, 0) is 20.3 Å². The first-order valence-electron chi connectivity index (χ1n) is 4.24. The van der Waals surface area contributed by atoms with Gasteiger partial charge in [-0.15, -0.1) is 0 Å². The number of rotatable bonds is 5. The van der Waals surface area contributed by atoms with E-state index < -0.39 is 6.23 Å². The van der Waals surface area contributed by atoms with E-state index in [9.17, 15) is 4.79 Å². The van der Waals surface area contributed by atoms with Crippen LogP contribution in [0.3, 0.4) is 0 Å². The van der Waals surface area contributed by atoms with E-state index in [0.717, 1.165) is 0 Å². The van der Waals surface area contributed by atoms with Crippen LogP contribution in [0.4, 0.5) is 0 Å². The average Bonchev–Trinajstić information content (AvgIpc) is 2.10. The van der Waals surface area contributed by atoms with E-state index in [2.05, 4.69) is 10.1 Å². The molecule has 0 amide bonds. The summed E-state index contributed by atoms with van der Waals surface area (Å²) < 4.78 is 4.51. The maximum atomic E-state index is 10.9. The number of nitrogens with one attached hydrogen (secondary N) is 1. The molecule has 0 fully saturated rings. The van der Waals surface area contributed by atoms with Gasteiger partial charge in [-0.3, -0.25) is 5.32 Å². The van der Waals surface area contributed by atoms with Gasteiger partial charge < -0.3 is 9.84 Å². The molecule has 13 heavy (non-hydrogen) atoms. The van der Waals surface area contributed by atoms with Gasteiger partial charge in [0.05, 0.1) is 7.11 Å². The predicted molar refractivity (Wildman–Crippen MR) is 50.1 cm³/mol. The molecule has 0 aromatic carbocycles. The summed E-state index contributed by atoms with van der Waals surface area (Å²) in [5, 5.41) is 11.7. The summed E-state index contributed by atoms with van der Waals surface area (Å²) in [5.41, 5.74) is 0.592. The largest absolute Gasteiger partial charge is 0.466 e. The van der Waals surface area contributed by atoms with Crippen molar-refractivity contribution < 1.29 is 14.6 Å². The fraction of sp³-hybridized carbons (Fsp3) is 0.667. The lowest BCUT2D eigenvalue weighted by Crippen LogP contribution is -2.25. The molecule has 1 atom stereocenters. The molecule has 0 saturated carbocycles. The van der Waals surface area contributed by atoms with Gasteiger partial charge in [-0.1, -0.05) is 6.08 Å². The number of carbonyl (C=O) groups is 1. The van der Waals surface area contributed by atoms with Crippen LogP contribution in [0.15, 0.2) is 11.6 Å². The highest BCUT2D eigenvalue weighted by molar-refractivity contribution is 5.87. The first-order valence-corrected chi connectivity index (χ1v) is 4.24. The van der Waals surface area contributed by atoms with E-state index in [1.165, 1.54) is 7.11 Å². The van der Waals surface area contributed by atoms with Crippen molar-refractivity contribution >= 4 is 5.97 Å². The molecule has 0 heterocycles. The van der Waals surface area contributed by atoms with Crippen molar-refractivity contribution in [3.05, 3.63) is 11.6 Å². The minimum atomic E-state index is -0.508. The minimum Gasteiger partial charge on any atom is -0.466 e. The highest BCUT2D eigenvalue weighted by Crippen LogP contribution is 1.96. The second-order valence-electron chi connectivity index (χ2n) is 2.80. The van der Waals surface area contributed by atoms with Gasteiger partial charge >= 0.3 is 5.97 Å². The Hall–Kier alpha value is -0.870. The van der Waals surface area contributed by atoms with Crippen LogP contribution in [0.1, 0.15) is 20.3 Å². The molecule has 0 aromatic rings. The van der Waals surface area contributed by atoms with Crippen molar-refractivity contribution in [3.8, 4) is 0 Å². The van der Waals surface area contributed by atoms with Crippen molar-refractivity contribution in [2.24, 2.45) is 0 Å². The van der Waals surface area contributed by atoms with E-state index >= 15 is 0 Å². The molecule has 0 rings (SSSR count). The minimum absolute atomic E-state index is 0.308. The second-order valence-corrected chi connectivity index (χ2v) is 2.80. The molecular formula is C9H17NO3. The molecule has 1 unspecified atom stereocenters. The summed E-state index contributed by atoms with van der Waals surface area (Å²) in [6.45, 7) is 4.00. The zero-order valence-corrected chi connectivity index (χ0v) is 8.33. The molecule has 2 N–H and O–H groups in total. The number of methoxy groups -OCH3 is 1. The first-order chi connectivity index (χ1) is 6.07. The third-order valence-electron chi connectivity index (χ3n) is 1.54. The van der Waals surface area contributed by atoms with Crippen LogP contribution < -0.4 is 5.32 Å². The Kier molecular flexibility index (Phi) is 6.18. The van der Waals surface area contributed by atoms with Gasteiger partial charge in [-0.2, -0.15) is 0 Å². The zero-order valence-electron chi connectivity index (χ0n) is 8.33. The van der Waals surface area contributed by atoms with Crippen LogP contribution in [0.25, 0.3) is 0 Å². The third-order valence-corrected chi connectivity index (χ3v) is 1.54.